The normalized spacial score (nSPS) is 27.1. The van der Waals surface area contributed by atoms with Crippen molar-refractivity contribution in [3.8, 4) is 0 Å². The van der Waals surface area contributed by atoms with E-state index in [4.69, 9.17) is 72.0 Å². The van der Waals surface area contributed by atoms with E-state index in [0.717, 1.165) is 38.9 Å². The minimum Gasteiger partial charge on any atom is -0.457 e. The number of ether oxygens (including phenoxy) is 14. The number of nitrogens with two attached hydrogens (primary N) is 1. The fourth-order valence-electron chi connectivity index (χ4n) is 11.1. The summed E-state index contributed by atoms with van der Waals surface area (Å²) in [7, 11) is 0. The van der Waals surface area contributed by atoms with Crippen LogP contribution in [0.2, 0.25) is 0 Å². The summed E-state index contributed by atoms with van der Waals surface area (Å²) < 4.78 is 96.7. The van der Waals surface area contributed by atoms with Gasteiger partial charge in [0.25, 0.3) is 0 Å². The Morgan fingerprint density at radius 1 is 0.398 bits per heavy atom. The van der Waals surface area contributed by atoms with Crippen molar-refractivity contribution in [2.45, 2.75) is 152 Å². The maximum atomic E-state index is 13.1. The number of hydrogen-bond donors (Lipinski definition) is 1. The van der Waals surface area contributed by atoms with Gasteiger partial charge >= 0.3 is 5.97 Å². The van der Waals surface area contributed by atoms with Gasteiger partial charge in [0.05, 0.1) is 78.2 Å². The Hall–Kier alpha value is -6.81. The minimum atomic E-state index is -1.26. The van der Waals surface area contributed by atoms with Gasteiger partial charge in [-0.15, -0.1) is 6.58 Å². The first-order valence-corrected chi connectivity index (χ1v) is 30.2. The molecule has 7 aromatic rings. The summed E-state index contributed by atoms with van der Waals surface area (Å²) in [6, 6.07) is 67.7. The molecule has 3 heterocycles. The lowest BCUT2D eigenvalue weighted by molar-refractivity contribution is -0.390. The summed E-state index contributed by atoms with van der Waals surface area (Å²) in [5.41, 5.74) is 13.8. The van der Waals surface area contributed by atoms with Crippen LogP contribution in [-0.4, -0.2) is 118 Å². The molecule has 0 radical (unpaired) electrons. The lowest BCUT2D eigenvalue weighted by Crippen LogP contribution is -2.69. The number of carbonyl (C=O) groups is 1. The van der Waals surface area contributed by atoms with Crippen molar-refractivity contribution in [1.29, 1.82) is 0 Å². The van der Waals surface area contributed by atoms with E-state index < -0.39 is 98.0 Å². The smallest absolute Gasteiger partial charge is 0.303 e. The SMILES string of the molecule is C=CCO[C@@H]1O[C@@H](C)[C@H](OCc2ccccc2)[C@@H](OCc2ccccc2)[C@H]1O[C@H]1O[C@H](COCc2ccccc2)[C@@H](O[C@@H]2O[C@H](COCc3ccccc3)[C@@H](OC(C)=O)[C@H](OCc3ccccc3)[C@@H]2N)[C@H](OCc2ccccc2)[C@H]1OCc1ccccc1. The Labute approximate surface area is 516 Å². The molecule has 0 aliphatic carbocycles. The van der Waals surface area contributed by atoms with Gasteiger partial charge in [-0.1, -0.05) is 218 Å². The van der Waals surface area contributed by atoms with E-state index in [1.165, 1.54) is 6.92 Å². The molecule has 0 spiro atoms. The maximum absolute atomic E-state index is 13.1. The highest BCUT2D eigenvalue weighted by molar-refractivity contribution is 5.66. The second kappa shape index (κ2) is 33.7. The van der Waals surface area contributed by atoms with Crippen molar-refractivity contribution < 1.29 is 71.1 Å². The molecular formula is C72H81NO15. The molecule has 3 fully saturated rings. The lowest BCUT2D eigenvalue weighted by atomic mass is 9.94. The summed E-state index contributed by atoms with van der Waals surface area (Å²) in [6.45, 7) is 8.61. The van der Waals surface area contributed by atoms with Gasteiger partial charge in [-0.25, -0.2) is 0 Å². The highest BCUT2D eigenvalue weighted by Crippen LogP contribution is 2.38. The van der Waals surface area contributed by atoms with Crippen LogP contribution < -0.4 is 5.73 Å². The summed E-state index contributed by atoms with van der Waals surface area (Å²) in [6.07, 6.45) is -12.1. The molecule has 3 aliphatic heterocycles. The largest absolute Gasteiger partial charge is 0.457 e. The molecule has 3 aliphatic rings. The highest BCUT2D eigenvalue weighted by Gasteiger charge is 2.56. The molecule has 0 saturated carbocycles. The summed E-state index contributed by atoms with van der Waals surface area (Å²) in [5.74, 6) is -0.548. The summed E-state index contributed by atoms with van der Waals surface area (Å²) >= 11 is 0. The van der Waals surface area contributed by atoms with Gasteiger partial charge < -0.3 is 72.0 Å². The van der Waals surface area contributed by atoms with Crippen LogP contribution in [0.15, 0.2) is 225 Å². The lowest BCUT2D eigenvalue weighted by Gasteiger charge is -2.51. The molecule has 0 amide bonds. The van der Waals surface area contributed by atoms with Gasteiger partial charge in [0, 0.05) is 6.92 Å². The van der Waals surface area contributed by atoms with E-state index in [1.54, 1.807) is 6.08 Å². The first kappa shape index (κ1) is 64.2. The maximum Gasteiger partial charge on any atom is 0.303 e. The van der Waals surface area contributed by atoms with E-state index in [9.17, 15) is 4.79 Å². The fourth-order valence-corrected chi connectivity index (χ4v) is 11.1. The van der Waals surface area contributed by atoms with Crippen LogP contribution in [0.25, 0.3) is 0 Å². The molecule has 0 unspecified atom stereocenters. The topological polar surface area (TPSA) is 172 Å². The van der Waals surface area contributed by atoms with Crippen LogP contribution in [0.4, 0.5) is 0 Å². The zero-order chi connectivity index (χ0) is 60.7. The van der Waals surface area contributed by atoms with E-state index in [-0.39, 0.29) is 66.1 Å². The fraction of sp³-hybridized carbons (Fsp3) is 0.375. The molecule has 16 heteroatoms. The predicted molar refractivity (Wildman–Crippen MR) is 328 cm³/mol. The second-order valence-corrected chi connectivity index (χ2v) is 22.1. The van der Waals surface area contributed by atoms with Gasteiger partial charge in [0.1, 0.15) is 54.9 Å². The van der Waals surface area contributed by atoms with Crippen molar-refractivity contribution in [3.05, 3.63) is 264 Å². The van der Waals surface area contributed by atoms with Crippen LogP contribution in [-0.2, 0) is 117 Å². The summed E-state index contributed by atoms with van der Waals surface area (Å²) in [5, 5.41) is 0. The average molecular weight is 1200 g/mol. The van der Waals surface area contributed by atoms with Gasteiger partial charge in [0.2, 0.25) is 0 Å². The Bertz CT molecular complexity index is 3090. The third-order valence-corrected chi connectivity index (χ3v) is 15.5. The Morgan fingerprint density at radius 3 is 1.15 bits per heavy atom. The van der Waals surface area contributed by atoms with Crippen LogP contribution in [0.3, 0.4) is 0 Å². The number of rotatable bonds is 31. The van der Waals surface area contributed by atoms with Crippen molar-refractivity contribution in [2.24, 2.45) is 5.73 Å². The zero-order valence-corrected chi connectivity index (χ0v) is 49.9. The van der Waals surface area contributed by atoms with Gasteiger partial charge in [0.15, 0.2) is 25.0 Å². The van der Waals surface area contributed by atoms with Crippen LogP contribution in [0, 0.1) is 0 Å². The molecule has 0 bridgehead atoms. The number of benzene rings is 7. The molecular weight excluding hydrogens is 1120 g/mol. The number of esters is 1. The first-order valence-electron chi connectivity index (χ1n) is 30.2. The molecule has 2 N–H and O–H groups in total. The van der Waals surface area contributed by atoms with Crippen LogP contribution >= 0.6 is 0 Å². The first-order chi connectivity index (χ1) is 43.3. The van der Waals surface area contributed by atoms with Crippen molar-refractivity contribution in [2.75, 3.05) is 19.8 Å². The molecule has 10 rings (SSSR count). The predicted octanol–water partition coefficient (Wildman–Crippen LogP) is 10.8. The third kappa shape index (κ3) is 18.4. The molecule has 16 nitrogen and oxygen atoms in total. The van der Waals surface area contributed by atoms with E-state index in [0.29, 0.717) is 0 Å². The number of carbonyl (C=O) groups excluding carboxylic acids is 1. The molecule has 88 heavy (non-hydrogen) atoms. The summed E-state index contributed by atoms with van der Waals surface area (Å²) in [4.78, 5) is 13.1. The van der Waals surface area contributed by atoms with Gasteiger partial charge in [-0.05, 0) is 45.9 Å². The minimum absolute atomic E-state index is 0.0250. The molecule has 15 atom stereocenters. The number of hydrogen-bond acceptors (Lipinski definition) is 16. The Balaban J connectivity index is 1.05. The van der Waals surface area contributed by atoms with Gasteiger partial charge in [-0.2, -0.15) is 0 Å². The van der Waals surface area contributed by atoms with Crippen molar-refractivity contribution >= 4 is 5.97 Å². The zero-order valence-electron chi connectivity index (χ0n) is 49.9. The highest BCUT2D eigenvalue weighted by atomic mass is 16.8. The van der Waals surface area contributed by atoms with E-state index in [1.807, 2.05) is 219 Å². The second-order valence-electron chi connectivity index (χ2n) is 22.1. The average Bonchev–Trinajstić information content (AvgIpc) is 1.58. The van der Waals surface area contributed by atoms with Crippen molar-refractivity contribution in [1.82, 2.24) is 0 Å². The van der Waals surface area contributed by atoms with E-state index in [2.05, 4.69) is 6.58 Å². The monoisotopic (exact) mass is 1200 g/mol. The quantitative estimate of drug-likeness (QED) is 0.0321. The molecule has 0 aromatic heterocycles. The Kier molecular flexibility index (Phi) is 24.6. The van der Waals surface area contributed by atoms with E-state index >= 15 is 0 Å². The molecule has 3 saturated heterocycles. The van der Waals surface area contributed by atoms with Crippen LogP contribution in [0.5, 0.6) is 0 Å². The standard InChI is InChI=1S/C72H81NO15/c1-4-40-77-71-69(66(80-45-56-34-20-9-21-35-56)62(50(2)83-71)78-43-54-30-16-7-17-31-54)88-72-68(82-47-58-38-24-11-25-39-58)67(81-46-57-36-22-10-23-37-57)64(60(86-72)49-76-42-53-28-14-6-15-29-53)87-70-61(73)65(79-44-55-32-18-8-19-33-55)63(84-51(3)74)59(85-70)48-75-41-52-26-12-5-13-27-52/h4-39,50,59-72H,1,40-49,73H2,2-3H3/t50-,59+,60+,61-,62-,63+,64+,65+,66+,67-,68+,69+,70-,71+,72+/m0/s1. The van der Waals surface area contributed by atoms with Crippen molar-refractivity contribution in [3.63, 3.8) is 0 Å². The van der Waals surface area contributed by atoms with Gasteiger partial charge in [-0.3, -0.25) is 4.79 Å². The third-order valence-electron chi connectivity index (χ3n) is 15.5. The molecule has 7 aromatic carbocycles. The van der Waals surface area contributed by atoms with Crippen LogP contribution in [0.1, 0.15) is 52.8 Å². The molecule has 464 valence electrons. The Morgan fingerprint density at radius 2 is 0.739 bits per heavy atom.